The van der Waals surface area contributed by atoms with Crippen molar-refractivity contribution in [1.82, 2.24) is 19.5 Å². The number of hydrogen-bond donors (Lipinski definition) is 0. The molecule has 2 aromatic rings. The molecule has 2 spiro atoms. The first-order chi connectivity index (χ1) is 13.7. The summed E-state index contributed by atoms with van der Waals surface area (Å²) in [7, 11) is 0. The predicted molar refractivity (Wildman–Crippen MR) is 105 cm³/mol. The van der Waals surface area contributed by atoms with Crippen molar-refractivity contribution in [3.63, 3.8) is 0 Å². The average Bonchev–Trinajstić information content (AvgIpc) is 3.17. The Morgan fingerprint density at radius 3 is 2.64 bits per heavy atom. The van der Waals surface area contributed by atoms with Crippen LogP contribution in [0.15, 0.2) is 12.7 Å². The van der Waals surface area contributed by atoms with Crippen LogP contribution >= 0.6 is 11.6 Å². The van der Waals surface area contributed by atoms with E-state index in [1.165, 1.54) is 44.9 Å². The fraction of sp³-hybridized carbons (Fsp3) is 0.762. The molecule has 3 heterocycles. The summed E-state index contributed by atoms with van der Waals surface area (Å²) in [5, 5.41) is 0.433. The van der Waals surface area contributed by atoms with Gasteiger partial charge in [-0.05, 0) is 50.4 Å². The Hall–Kier alpha value is -1.24. The van der Waals surface area contributed by atoms with E-state index in [2.05, 4.69) is 19.5 Å². The van der Waals surface area contributed by atoms with Crippen LogP contribution < -0.4 is 0 Å². The lowest BCUT2D eigenvalue weighted by Gasteiger charge is -2.59. The van der Waals surface area contributed by atoms with Crippen molar-refractivity contribution >= 4 is 22.8 Å². The molecule has 4 saturated carbocycles. The molecule has 0 amide bonds. The smallest absolute Gasteiger partial charge is 0.168 e. The van der Waals surface area contributed by atoms with Gasteiger partial charge in [0.25, 0.3) is 0 Å². The molecule has 2 bridgehead atoms. The molecule has 0 N–H and O–H groups in total. The summed E-state index contributed by atoms with van der Waals surface area (Å²) in [6, 6.07) is 0.385. The fourth-order valence-electron chi connectivity index (χ4n) is 6.58. The molecule has 7 heteroatoms. The summed E-state index contributed by atoms with van der Waals surface area (Å²) >= 11 is 6.25. The van der Waals surface area contributed by atoms with Crippen LogP contribution in [0.5, 0.6) is 0 Å². The molecule has 3 atom stereocenters. The van der Waals surface area contributed by atoms with Crippen molar-refractivity contribution < 1.29 is 9.47 Å². The molecule has 150 valence electrons. The van der Waals surface area contributed by atoms with E-state index in [9.17, 15) is 0 Å². The number of imidazole rings is 1. The van der Waals surface area contributed by atoms with Gasteiger partial charge in [-0.15, -0.1) is 0 Å². The highest BCUT2D eigenvalue weighted by Gasteiger charge is 2.57. The summed E-state index contributed by atoms with van der Waals surface area (Å²) < 4.78 is 15.3. The minimum Gasteiger partial charge on any atom is -0.349 e. The summed E-state index contributed by atoms with van der Waals surface area (Å²) in [5.41, 5.74) is 1.69. The molecule has 2 aromatic heterocycles. The standard InChI is InChI=1S/C21H27ClN4O2/c22-18-17-19(24-12-23-18)26(13-25-17)16-8-14-4-5-15(16)20(9-14)10-27-21(28-11-20)6-2-1-3-7-21/h12-16H,1-11H2/t14-,15+,16+/m0/s1. The van der Waals surface area contributed by atoms with Gasteiger partial charge >= 0.3 is 0 Å². The van der Waals surface area contributed by atoms with E-state index in [1.54, 1.807) is 6.33 Å². The Bertz CT molecular complexity index is 884. The van der Waals surface area contributed by atoms with Crippen molar-refractivity contribution in [2.45, 2.75) is 69.6 Å². The largest absolute Gasteiger partial charge is 0.349 e. The Morgan fingerprint density at radius 1 is 1.04 bits per heavy atom. The summed E-state index contributed by atoms with van der Waals surface area (Å²) in [6.07, 6.45) is 14.3. The SMILES string of the molecule is Clc1ncnc2c1ncn2[C@@H]1C[C@@H]2CC[C@H]1C1(COC3(CCCCC3)OC1)C2. The van der Waals surface area contributed by atoms with E-state index in [-0.39, 0.29) is 11.2 Å². The van der Waals surface area contributed by atoms with Crippen LogP contribution in [0.3, 0.4) is 0 Å². The van der Waals surface area contributed by atoms with E-state index in [1.807, 2.05) is 6.33 Å². The lowest BCUT2D eigenvalue weighted by Crippen LogP contribution is -2.58. The van der Waals surface area contributed by atoms with Crippen LogP contribution in [0.4, 0.5) is 0 Å². The third-order valence-corrected chi connectivity index (χ3v) is 8.22. The molecule has 0 aromatic carbocycles. The zero-order valence-electron chi connectivity index (χ0n) is 16.1. The van der Waals surface area contributed by atoms with Crippen LogP contribution in [0.1, 0.15) is 63.8 Å². The Kier molecular flexibility index (Phi) is 4.01. The van der Waals surface area contributed by atoms with Crippen LogP contribution in [0.2, 0.25) is 5.15 Å². The molecule has 0 unspecified atom stereocenters. The topological polar surface area (TPSA) is 62.1 Å². The first kappa shape index (κ1) is 17.6. The maximum atomic E-state index is 6.53. The number of halogens is 1. The molecule has 0 radical (unpaired) electrons. The lowest BCUT2D eigenvalue weighted by atomic mass is 9.54. The number of fused-ring (bicyclic) bond motifs is 3. The van der Waals surface area contributed by atoms with E-state index in [4.69, 9.17) is 21.1 Å². The zero-order chi connectivity index (χ0) is 18.8. The van der Waals surface area contributed by atoms with Crippen LogP contribution in [-0.2, 0) is 9.47 Å². The Labute approximate surface area is 170 Å². The second-order valence-electron chi connectivity index (χ2n) is 9.46. The van der Waals surface area contributed by atoms with Gasteiger partial charge in [-0.25, -0.2) is 15.0 Å². The van der Waals surface area contributed by atoms with Crippen molar-refractivity contribution in [3.05, 3.63) is 17.8 Å². The highest BCUT2D eigenvalue weighted by molar-refractivity contribution is 6.33. The van der Waals surface area contributed by atoms with Gasteiger partial charge < -0.3 is 14.0 Å². The number of rotatable bonds is 1. The maximum absolute atomic E-state index is 6.53. The summed E-state index contributed by atoms with van der Waals surface area (Å²) in [5.74, 6) is 0.958. The summed E-state index contributed by atoms with van der Waals surface area (Å²) in [4.78, 5) is 13.1. The van der Waals surface area contributed by atoms with E-state index in [0.717, 1.165) is 37.6 Å². The van der Waals surface area contributed by atoms with Crippen LogP contribution in [-0.4, -0.2) is 38.5 Å². The van der Waals surface area contributed by atoms with Gasteiger partial charge in [0, 0.05) is 24.3 Å². The van der Waals surface area contributed by atoms with E-state index >= 15 is 0 Å². The highest BCUT2D eigenvalue weighted by atomic mass is 35.5. The first-order valence-corrected chi connectivity index (χ1v) is 11.2. The molecule has 4 aliphatic carbocycles. The van der Waals surface area contributed by atoms with Crippen LogP contribution in [0, 0.1) is 17.3 Å². The number of ether oxygens (including phenoxy) is 2. The van der Waals surface area contributed by atoms with Crippen molar-refractivity contribution in [2.24, 2.45) is 17.3 Å². The summed E-state index contributed by atoms with van der Waals surface area (Å²) in [6.45, 7) is 1.68. The van der Waals surface area contributed by atoms with E-state index in [0.29, 0.717) is 22.6 Å². The van der Waals surface area contributed by atoms with Crippen LogP contribution in [0.25, 0.3) is 11.2 Å². The van der Waals surface area contributed by atoms with Crippen molar-refractivity contribution in [1.29, 1.82) is 0 Å². The number of aromatic nitrogens is 4. The van der Waals surface area contributed by atoms with Gasteiger partial charge in [0.1, 0.15) is 11.8 Å². The minimum absolute atomic E-state index is 0.127. The molecule has 1 saturated heterocycles. The maximum Gasteiger partial charge on any atom is 0.168 e. The second-order valence-corrected chi connectivity index (χ2v) is 9.81. The van der Waals surface area contributed by atoms with Gasteiger partial charge in [-0.3, -0.25) is 0 Å². The molecular formula is C21H27ClN4O2. The number of nitrogens with zero attached hydrogens (tertiary/aromatic N) is 4. The normalized spacial score (nSPS) is 33.7. The highest BCUT2D eigenvalue weighted by Crippen LogP contribution is 2.59. The molecule has 5 fully saturated rings. The third kappa shape index (κ3) is 2.57. The first-order valence-electron chi connectivity index (χ1n) is 10.8. The van der Waals surface area contributed by atoms with Gasteiger partial charge in [0.05, 0.1) is 19.5 Å². The molecule has 1 aliphatic heterocycles. The Morgan fingerprint density at radius 2 is 1.86 bits per heavy atom. The van der Waals surface area contributed by atoms with E-state index < -0.39 is 0 Å². The third-order valence-electron chi connectivity index (χ3n) is 7.94. The molecular weight excluding hydrogens is 376 g/mol. The molecule has 28 heavy (non-hydrogen) atoms. The quantitative estimate of drug-likeness (QED) is 0.655. The fourth-order valence-corrected chi connectivity index (χ4v) is 6.75. The molecule has 6 nitrogen and oxygen atoms in total. The predicted octanol–water partition coefficient (Wildman–Crippen LogP) is 4.53. The zero-order valence-corrected chi connectivity index (χ0v) is 16.9. The number of hydrogen-bond acceptors (Lipinski definition) is 5. The molecule has 5 aliphatic rings. The second kappa shape index (κ2) is 6.38. The van der Waals surface area contributed by atoms with Crippen molar-refractivity contribution in [3.8, 4) is 0 Å². The average molecular weight is 403 g/mol. The monoisotopic (exact) mass is 402 g/mol. The Balaban J connectivity index is 1.32. The molecule has 7 rings (SSSR count). The minimum atomic E-state index is -0.294. The van der Waals surface area contributed by atoms with Gasteiger partial charge in [0.2, 0.25) is 0 Å². The van der Waals surface area contributed by atoms with Gasteiger partial charge in [-0.2, -0.15) is 0 Å². The van der Waals surface area contributed by atoms with Crippen molar-refractivity contribution in [2.75, 3.05) is 13.2 Å². The van der Waals surface area contributed by atoms with Gasteiger partial charge in [0.15, 0.2) is 16.6 Å². The lowest BCUT2D eigenvalue weighted by molar-refractivity contribution is -0.334. The van der Waals surface area contributed by atoms with Gasteiger partial charge in [-0.1, -0.05) is 18.0 Å².